The lowest BCUT2D eigenvalue weighted by Gasteiger charge is -2.41. The summed E-state index contributed by atoms with van der Waals surface area (Å²) >= 11 is 10.4. The third kappa shape index (κ3) is 4.71. The number of hydrogen-bond acceptors (Lipinski definition) is 2. The van der Waals surface area contributed by atoms with E-state index in [-0.39, 0.29) is 6.71 Å². The summed E-state index contributed by atoms with van der Waals surface area (Å²) in [5, 5.41) is 0.651. The number of fused-ring (bicyclic) bond motifs is 4. The molecule has 0 unspecified atom stereocenters. The highest BCUT2D eigenvalue weighted by atomic mass is 79.9. The number of anilines is 3. The lowest BCUT2D eigenvalue weighted by atomic mass is 9.34. The van der Waals surface area contributed by atoms with Crippen LogP contribution in [0.15, 0.2) is 162 Å². The molecule has 2 heterocycles. The Kier molecular flexibility index (Phi) is 6.81. The quantitative estimate of drug-likeness (QED) is 0.171. The first-order valence-electron chi connectivity index (χ1n) is 15.7. The third-order valence-electron chi connectivity index (χ3n) is 9.25. The van der Waals surface area contributed by atoms with Crippen molar-refractivity contribution in [2.45, 2.75) is 0 Å². The van der Waals surface area contributed by atoms with Crippen LogP contribution in [0.1, 0.15) is 0 Å². The Bertz CT molecular complexity index is 2290. The molecule has 0 N–H and O–H groups in total. The van der Waals surface area contributed by atoms with Crippen LogP contribution in [-0.2, 0) is 0 Å². The molecule has 2 aliphatic rings. The average molecular weight is 687 g/mol. The second-order valence-electron chi connectivity index (χ2n) is 12.0. The van der Waals surface area contributed by atoms with E-state index in [1.807, 2.05) is 12.1 Å². The maximum absolute atomic E-state index is 7.04. The van der Waals surface area contributed by atoms with E-state index in [1.165, 1.54) is 16.6 Å². The summed E-state index contributed by atoms with van der Waals surface area (Å²) in [6, 6.07) is 55.6. The van der Waals surface area contributed by atoms with Gasteiger partial charge in [0.1, 0.15) is 11.5 Å². The molecule has 222 valence electrons. The van der Waals surface area contributed by atoms with Gasteiger partial charge in [-0.15, -0.1) is 0 Å². The van der Waals surface area contributed by atoms with Crippen molar-refractivity contribution in [3.8, 4) is 44.9 Å². The topological polar surface area (TPSA) is 12.5 Å². The van der Waals surface area contributed by atoms with Gasteiger partial charge in [-0.1, -0.05) is 143 Å². The monoisotopic (exact) mass is 685 g/mol. The highest BCUT2D eigenvalue weighted by molar-refractivity contribution is 9.10. The zero-order valence-electron chi connectivity index (χ0n) is 25.2. The highest BCUT2D eigenvalue weighted by Gasteiger charge is 2.43. The van der Waals surface area contributed by atoms with Crippen LogP contribution >= 0.6 is 27.5 Å². The van der Waals surface area contributed by atoms with Gasteiger partial charge in [0.05, 0.1) is 0 Å². The van der Waals surface area contributed by atoms with Gasteiger partial charge in [0.2, 0.25) is 0 Å². The minimum Gasteiger partial charge on any atom is -0.458 e. The molecule has 2 aliphatic heterocycles. The average Bonchev–Trinajstić information content (AvgIpc) is 3.12. The standard InChI is InChI=1S/C42H26BBrClNO/c44-31-18-23-37-36(24-31)43-35-22-19-32(45)25-39(35)47-42-40(30-14-8-3-9-15-30)34(29-12-6-2-7-13-29)26-38(41(42)43)46(37)33-20-16-28(17-21-33)27-10-4-1-5-11-27/h1-26H. The van der Waals surface area contributed by atoms with Gasteiger partial charge in [-0.3, -0.25) is 0 Å². The highest BCUT2D eigenvalue weighted by Crippen LogP contribution is 2.49. The summed E-state index contributed by atoms with van der Waals surface area (Å²) < 4.78 is 8.07. The molecule has 0 bridgehead atoms. The van der Waals surface area contributed by atoms with Crippen LogP contribution in [0.25, 0.3) is 33.4 Å². The van der Waals surface area contributed by atoms with Crippen LogP contribution in [0, 0.1) is 0 Å². The fourth-order valence-corrected chi connectivity index (χ4v) is 7.73. The van der Waals surface area contributed by atoms with Crippen LogP contribution in [0.5, 0.6) is 11.5 Å². The number of benzene rings is 7. The largest absolute Gasteiger partial charge is 0.458 e. The van der Waals surface area contributed by atoms with E-state index < -0.39 is 0 Å². The predicted molar refractivity (Wildman–Crippen MR) is 201 cm³/mol. The number of halogens is 2. The molecule has 0 spiro atoms. The Hall–Kier alpha value is -5.03. The van der Waals surface area contributed by atoms with E-state index in [9.17, 15) is 0 Å². The molecule has 5 heteroatoms. The van der Waals surface area contributed by atoms with Crippen molar-refractivity contribution in [1.29, 1.82) is 0 Å². The number of hydrogen-bond donors (Lipinski definition) is 0. The Morgan fingerprint density at radius 2 is 1.19 bits per heavy atom. The van der Waals surface area contributed by atoms with Crippen molar-refractivity contribution in [2.24, 2.45) is 0 Å². The molecule has 0 aliphatic carbocycles. The van der Waals surface area contributed by atoms with E-state index in [4.69, 9.17) is 16.3 Å². The lowest BCUT2D eigenvalue weighted by Crippen LogP contribution is -2.59. The van der Waals surface area contributed by atoms with E-state index in [0.29, 0.717) is 5.02 Å². The maximum atomic E-state index is 7.04. The van der Waals surface area contributed by atoms with Crippen molar-refractivity contribution in [2.75, 3.05) is 4.90 Å². The smallest absolute Gasteiger partial charge is 0.256 e. The Morgan fingerprint density at radius 1 is 0.553 bits per heavy atom. The normalized spacial score (nSPS) is 12.6. The summed E-state index contributed by atoms with van der Waals surface area (Å²) in [5.41, 5.74) is 13.6. The van der Waals surface area contributed by atoms with Crippen molar-refractivity contribution < 1.29 is 4.74 Å². The van der Waals surface area contributed by atoms with Crippen LogP contribution in [-0.4, -0.2) is 6.71 Å². The van der Waals surface area contributed by atoms with Crippen LogP contribution < -0.4 is 26.0 Å². The summed E-state index contributed by atoms with van der Waals surface area (Å²) in [4.78, 5) is 2.40. The molecule has 7 aromatic rings. The molecule has 0 saturated heterocycles. The van der Waals surface area contributed by atoms with Gasteiger partial charge >= 0.3 is 0 Å². The molecule has 0 fully saturated rings. The lowest BCUT2D eigenvalue weighted by molar-refractivity contribution is 0.489. The second-order valence-corrected chi connectivity index (χ2v) is 13.3. The maximum Gasteiger partial charge on any atom is 0.256 e. The predicted octanol–water partition coefficient (Wildman–Crippen LogP) is 10.5. The molecule has 0 saturated carbocycles. The van der Waals surface area contributed by atoms with E-state index in [0.717, 1.165) is 66.2 Å². The first-order valence-corrected chi connectivity index (χ1v) is 16.9. The van der Waals surface area contributed by atoms with Crippen molar-refractivity contribution in [1.82, 2.24) is 0 Å². The Balaban J connectivity index is 1.37. The summed E-state index contributed by atoms with van der Waals surface area (Å²) in [6.07, 6.45) is 0. The summed E-state index contributed by atoms with van der Waals surface area (Å²) in [7, 11) is 0. The van der Waals surface area contributed by atoms with Crippen molar-refractivity contribution >= 4 is 67.7 Å². The van der Waals surface area contributed by atoms with Gasteiger partial charge in [-0.25, -0.2) is 0 Å². The second kappa shape index (κ2) is 11.3. The molecule has 9 rings (SSSR count). The van der Waals surface area contributed by atoms with Crippen LogP contribution in [0.2, 0.25) is 5.02 Å². The molecule has 0 aromatic heterocycles. The summed E-state index contributed by atoms with van der Waals surface area (Å²) in [5.74, 6) is 1.65. The molecular weight excluding hydrogens is 661 g/mol. The minimum atomic E-state index is -0.0550. The Morgan fingerprint density at radius 3 is 1.89 bits per heavy atom. The van der Waals surface area contributed by atoms with Gasteiger partial charge < -0.3 is 9.64 Å². The van der Waals surface area contributed by atoms with Gasteiger partial charge in [-0.05, 0) is 86.7 Å². The zero-order chi connectivity index (χ0) is 31.5. The molecular formula is C42H26BBrClNO. The number of nitrogens with zero attached hydrogens (tertiary/aromatic N) is 1. The first kappa shape index (κ1) is 28.2. The molecule has 7 aromatic carbocycles. The fraction of sp³-hybridized carbons (Fsp3) is 0. The molecule has 0 radical (unpaired) electrons. The van der Waals surface area contributed by atoms with Crippen molar-refractivity contribution in [3.63, 3.8) is 0 Å². The van der Waals surface area contributed by atoms with Gasteiger partial charge in [0, 0.05) is 32.1 Å². The molecule has 47 heavy (non-hydrogen) atoms. The SMILES string of the molecule is Clc1ccc2c(c1)Oc1c3c(cc(-c4ccccc4)c1-c1ccccc1)N(c1ccc(-c4ccccc4)cc1)c1ccc(Br)cc1B23. The third-order valence-corrected chi connectivity index (χ3v) is 9.98. The first-order chi connectivity index (χ1) is 23.1. The van der Waals surface area contributed by atoms with Crippen LogP contribution in [0.3, 0.4) is 0 Å². The number of ether oxygens (including phenoxy) is 1. The zero-order valence-corrected chi connectivity index (χ0v) is 27.5. The van der Waals surface area contributed by atoms with E-state index >= 15 is 0 Å². The molecule has 0 amide bonds. The van der Waals surface area contributed by atoms with Gasteiger partial charge in [-0.2, -0.15) is 0 Å². The fourth-order valence-electron chi connectivity index (χ4n) is 7.19. The molecule has 0 atom stereocenters. The van der Waals surface area contributed by atoms with Crippen molar-refractivity contribution in [3.05, 3.63) is 167 Å². The van der Waals surface area contributed by atoms with Crippen LogP contribution in [0.4, 0.5) is 17.1 Å². The molecule has 2 nitrogen and oxygen atoms in total. The van der Waals surface area contributed by atoms with Gasteiger partial charge in [0.15, 0.2) is 0 Å². The van der Waals surface area contributed by atoms with E-state index in [2.05, 4.69) is 166 Å². The summed E-state index contributed by atoms with van der Waals surface area (Å²) in [6.45, 7) is -0.0550. The van der Waals surface area contributed by atoms with E-state index in [1.54, 1.807) is 0 Å². The minimum absolute atomic E-state index is 0.0550. The Labute approximate surface area is 288 Å². The number of rotatable bonds is 4. The van der Waals surface area contributed by atoms with Gasteiger partial charge in [0.25, 0.3) is 6.71 Å².